The fourth-order valence-electron chi connectivity index (χ4n) is 3.85. The van der Waals surface area contributed by atoms with Crippen molar-refractivity contribution in [1.82, 2.24) is 4.57 Å². The van der Waals surface area contributed by atoms with Crippen LogP contribution in [0.4, 0.5) is 11.4 Å². The van der Waals surface area contributed by atoms with Gasteiger partial charge in [0.05, 0.1) is 11.0 Å². The maximum atomic E-state index is 3.52. The summed E-state index contributed by atoms with van der Waals surface area (Å²) in [6.45, 7) is 2.18. The smallest absolute Gasteiger partial charge is 0.0570 e. The van der Waals surface area contributed by atoms with E-state index in [1.54, 1.807) is 0 Å². The Morgan fingerprint density at radius 1 is 0.630 bits per heavy atom. The molecule has 0 unspecified atom stereocenters. The summed E-state index contributed by atoms with van der Waals surface area (Å²) in [5, 5.41) is 6.06. The molecule has 0 bridgehead atoms. The highest BCUT2D eigenvalue weighted by Gasteiger charge is 2.14. The van der Waals surface area contributed by atoms with Gasteiger partial charge in [-0.2, -0.15) is 0 Å². The van der Waals surface area contributed by atoms with E-state index < -0.39 is 0 Å². The van der Waals surface area contributed by atoms with Crippen molar-refractivity contribution in [3.63, 3.8) is 0 Å². The Bertz CT molecular complexity index is 1240. The molecule has 0 amide bonds. The molecule has 27 heavy (non-hydrogen) atoms. The number of benzene rings is 4. The van der Waals surface area contributed by atoms with Gasteiger partial charge in [-0.05, 0) is 55.0 Å². The molecule has 0 saturated heterocycles. The number of aromatic nitrogens is 1. The lowest BCUT2D eigenvalue weighted by atomic mass is 10.1. The molecule has 0 aliphatic carbocycles. The fourth-order valence-corrected chi connectivity index (χ4v) is 3.85. The number of fused-ring (bicyclic) bond motifs is 3. The van der Waals surface area contributed by atoms with Crippen LogP contribution in [0.3, 0.4) is 0 Å². The lowest BCUT2D eigenvalue weighted by Crippen LogP contribution is -1.95. The molecule has 0 atom stereocenters. The van der Waals surface area contributed by atoms with Crippen LogP contribution in [0.15, 0.2) is 97.1 Å². The molecular weight excluding hydrogens is 328 g/mol. The Kier molecular flexibility index (Phi) is 3.68. The molecule has 5 rings (SSSR count). The van der Waals surface area contributed by atoms with Gasteiger partial charge in [0.15, 0.2) is 0 Å². The minimum Gasteiger partial charge on any atom is -0.356 e. The Hall–Kier alpha value is -3.52. The molecule has 1 N–H and O–H groups in total. The first-order valence-electron chi connectivity index (χ1n) is 9.22. The predicted octanol–water partition coefficient (Wildman–Crippen LogP) is 6.84. The summed E-state index contributed by atoms with van der Waals surface area (Å²) in [5.41, 5.74) is 7.17. The van der Waals surface area contributed by atoms with Crippen molar-refractivity contribution in [2.45, 2.75) is 6.92 Å². The van der Waals surface area contributed by atoms with Crippen molar-refractivity contribution in [2.24, 2.45) is 0 Å². The van der Waals surface area contributed by atoms with Crippen LogP contribution in [0, 0.1) is 6.92 Å². The van der Waals surface area contributed by atoms with Gasteiger partial charge in [0.1, 0.15) is 0 Å². The van der Waals surface area contributed by atoms with Gasteiger partial charge in [0.25, 0.3) is 0 Å². The summed E-state index contributed by atoms with van der Waals surface area (Å²) >= 11 is 0. The zero-order valence-electron chi connectivity index (χ0n) is 15.2. The van der Waals surface area contributed by atoms with E-state index >= 15 is 0 Å². The number of hydrogen-bond donors (Lipinski definition) is 1. The summed E-state index contributed by atoms with van der Waals surface area (Å²) in [6.07, 6.45) is 0. The Labute approximate surface area is 158 Å². The molecule has 0 spiro atoms. The van der Waals surface area contributed by atoms with Crippen molar-refractivity contribution in [3.8, 4) is 5.69 Å². The second kappa shape index (κ2) is 6.33. The SMILES string of the molecule is Cc1cccc2c3cc(Nc4ccccc4)ccc3n(-c3ccccc3)c12. The molecule has 0 aliphatic heterocycles. The van der Waals surface area contributed by atoms with Crippen LogP contribution in [0.5, 0.6) is 0 Å². The normalized spacial score (nSPS) is 11.1. The number of nitrogens with zero attached hydrogens (tertiary/aromatic N) is 1. The van der Waals surface area contributed by atoms with E-state index in [1.807, 2.05) is 18.2 Å². The first kappa shape index (κ1) is 15.7. The fraction of sp³-hybridized carbons (Fsp3) is 0.0400. The van der Waals surface area contributed by atoms with Gasteiger partial charge in [-0.15, -0.1) is 0 Å². The van der Waals surface area contributed by atoms with Gasteiger partial charge in [0.2, 0.25) is 0 Å². The van der Waals surface area contributed by atoms with Gasteiger partial charge in [-0.25, -0.2) is 0 Å². The summed E-state index contributed by atoms with van der Waals surface area (Å²) in [5.74, 6) is 0. The van der Waals surface area contributed by atoms with Gasteiger partial charge in [0, 0.05) is 27.8 Å². The summed E-state index contributed by atoms with van der Waals surface area (Å²) < 4.78 is 2.37. The van der Waals surface area contributed by atoms with E-state index in [0.29, 0.717) is 0 Å². The van der Waals surface area contributed by atoms with Crippen LogP contribution in [0.25, 0.3) is 27.5 Å². The van der Waals surface area contributed by atoms with Crippen LogP contribution in [0.2, 0.25) is 0 Å². The quantitative estimate of drug-likeness (QED) is 0.378. The molecule has 1 aromatic heterocycles. The molecule has 130 valence electrons. The maximum Gasteiger partial charge on any atom is 0.0570 e. The molecule has 5 aromatic rings. The average Bonchev–Trinajstić information content (AvgIpc) is 3.05. The van der Waals surface area contributed by atoms with Crippen molar-refractivity contribution < 1.29 is 0 Å². The standard InChI is InChI=1S/C25H20N2/c1-18-9-8-14-22-23-17-20(26-19-10-4-2-5-11-19)15-16-24(23)27(25(18)22)21-12-6-3-7-13-21/h2-17,26H,1H3. The summed E-state index contributed by atoms with van der Waals surface area (Å²) in [7, 11) is 0. The Morgan fingerprint density at radius 3 is 2.15 bits per heavy atom. The van der Waals surface area contributed by atoms with Crippen molar-refractivity contribution in [3.05, 3.63) is 103 Å². The third kappa shape index (κ3) is 2.67. The number of hydrogen-bond acceptors (Lipinski definition) is 1. The van der Waals surface area contributed by atoms with Crippen molar-refractivity contribution in [2.75, 3.05) is 5.32 Å². The minimum atomic E-state index is 1.10. The average molecular weight is 348 g/mol. The second-order valence-electron chi connectivity index (χ2n) is 6.86. The molecule has 0 saturated carbocycles. The molecule has 2 nitrogen and oxygen atoms in total. The highest BCUT2D eigenvalue weighted by atomic mass is 15.0. The van der Waals surface area contributed by atoms with Crippen LogP contribution >= 0.6 is 0 Å². The lowest BCUT2D eigenvalue weighted by molar-refractivity contribution is 1.17. The van der Waals surface area contributed by atoms with E-state index in [1.165, 1.54) is 33.1 Å². The van der Waals surface area contributed by atoms with Crippen LogP contribution in [0.1, 0.15) is 5.56 Å². The van der Waals surface area contributed by atoms with Crippen LogP contribution in [-0.2, 0) is 0 Å². The highest BCUT2D eigenvalue weighted by molar-refractivity contribution is 6.11. The topological polar surface area (TPSA) is 17.0 Å². The van der Waals surface area contributed by atoms with Crippen molar-refractivity contribution >= 4 is 33.2 Å². The molecule has 2 heteroatoms. The summed E-state index contributed by atoms with van der Waals surface area (Å²) in [6, 6.07) is 34.1. The minimum absolute atomic E-state index is 1.10. The highest BCUT2D eigenvalue weighted by Crippen LogP contribution is 2.35. The molecule has 0 aliphatic rings. The Balaban J connectivity index is 1.77. The zero-order valence-corrected chi connectivity index (χ0v) is 15.2. The maximum absolute atomic E-state index is 3.52. The second-order valence-corrected chi connectivity index (χ2v) is 6.86. The van der Waals surface area contributed by atoms with Crippen LogP contribution in [-0.4, -0.2) is 4.57 Å². The third-order valence-corrected chi connectivity index (χ3v) is 5.07. The van der Waals surface area contributed by atoms with E-state index in [2.05, 4.69) is 95.7 Å². The molecular formula is C25H20N2. The first-order valence-corrected chi connectivity index (χ1v) is 9.22. The van der Waals surface area contributed by atoms with Crippen molar-refractivity contribution in [1.29, 1.82) is 0 Å². The van der Waals surface area contributed by atoms with E-state index in [-0.39, 0.29) is 0 Å². The molecule has 1 heterocycles. The van der Waals surface area contributed by atoms with Crippen LogP contribution < -0.4 is 5.32 Å². The first-order chi connectivity index (χ1) is 13.3. The largest absolute Gasteiger partial charge is 0.356 e. The van der Waals surface area contributed by atoms with Gasteiger partial charge in [-0.1, -0.05) is 54.6 Å². The number of para-hydroxylation sites is 3. The number of anilines is 2. The predicted molar refractivity (Wildman–Crippen MR) is 115 cm³/mol. The van der Waals surface area contributed by atoms with E-state index in [9.17, 15) is 0 Å². The number of rotatable bonds is 3. The van der Waals surface area contributed by atoms with Gasteiger partial charge >= 0.3 is 0 Å². The molecule has 0 radical (unpaired) electrons. The number of aryl methyl sites for hydroxylation is 1. The third-order valence-electron chi connectivity index (χ3n) is 5.07. The lowest BCUT2D eigenvalue weighted by Gasteiger charge is -2.10. The van der Waals surface area contributed by atoms with E-state index in [0.717, 1.165) is 11.4 Å². The van der Waals surface area contributed by atoms with Gasteiger partial charge in [-0.3, -0.25) is 0 Å². The van der Waals surface area contributed by atoms with Gasteiger partial charge < -0.3 is 9.88 Å². The molecule has 0 fully saturated rings. The van der Waals surface area contributed by atoms with E-state index in [4.69, 9.17) is 0 Å². The summed E-state index contributed by atoms with van der Waals surface area (Å²) in [4.78, 5) is 0. The zero-order chi connectivity index (χ0) is 18.2. The molecule has 4 aromatic carbocycles. The number of nitrogens with one attached hydrogen (secondary N) is 1. The Morgan fingerprint density at radius 2 is 1.37 bits per heavy atom. The monoisotopic (exact) mass is 348 g/mol.